The minimum absolute atomic E-state index is 0.436. The van der Waals surface area contributed by atoms with E-state index in [2.05, 4.69) is 18.3 Å². The lowest BCUT2D eigenvalue weighted by molar-refractivity contribution is 0.660. The van der Waals surface area contributed by atoms with E-state index >= 15 is 0 Å². The number of nitriles is 1. The van der Waals surface area contributed by atoms with Gasteiger partial charge in [0, 0.05) is 11.7 Å². The predicted molar refractivity (Wildman–Crippen MR) is 71.4 cm³/mol. The number of fused-ring (bicyclic) bond motifs is 1. The van der Waals surface area contributed by atoms with Crippen LogP contribution < -0.4 is 5.32 Å². The van der Waals surface area contributed by atoms with Gasteiger partial charge in [0.15, 0.2) is 0 Å². The van der Waals surface area contributed by atoms with Crippen LogP contribution in [0, 0.1) is 17.2 Å². The van der Waals surface area contributed by atoms with Crippen molar-refractivity contribution >= 4 is 5.82 Å². The van der Waals surface area contributed by atoms with Gasteiger partial charge >= 0.3 is 0 Å². The topological polar surface area (TPSA) is 48.7 Å². The van der Waals surface area contributed by atoms with Gasteiger partial charge in [-0.25, -0.2) is 4.98 Å². The second-order valence-corrected chi connectivity index (χ2v) is 5.58. The Kier molecular flexibility index (Phi) is 2.95. The van der Waals surface area contributed by atoms with Crippen molar-refractivity contribution < 1.29 is 0 Å². The van der Waals surface area contributed by atoms with Crippen molar-refractivity contribution in [2.75, 3.05) is 5.32 Å². The molecule has 1 heterocycles. The van der Waals surface area contributed by atoms with Crippen molar-refractivity contribution in [3.63, 3.8) is 0 Å². The molecule has 2 aliphatic carbocycles. The van der Waals surface area contributed by atoms with E-state index in [0.717, 1.165) is 24.6 Å². The molecule has 3 heteroatoms. The zero-order chi connectivity index (χ0) is 12.5. The maximum atomic E-state index is 9.26. The Morgan fingerprint density at radius 1 is 1.39 bits per heavy atom. The van der Waals surface area contributed by atoms with Crippen LogP contribution in [0.15, 0.2) is 6.07 Å². The molecule has 3 rings (SSSR count). The van der Waals surface area contributed by atoms with E-state index in [0.29, 0.717) is 11.6 Å². The van der Waals surface area contributed by atoms with Crippen molar-refractivity contribution in [2.24, 2.45) is 5.92 Å². The van der Waals surface area contributed by atoms with E-state index in [1.165, 1.54) is 36.9 Å². The summed E-state index contributed by atoms with van der Waals surface area (Å²) in [6.07, 6.45) is 7.21. The van der Waals surface area contributed by atoms with Crippen LogP contribution in [-0.4, -0.2) is 11.0 Å². The smallest absolute Gasteiger partial charge is 0.144 e. The molecule has 94 valence electrons. The Bertz CT molecular complexity index is 497. The molecule has 0 bridgehead atoms. The van der Waals surface area contributed by atoms with E-state index in [4.69, 9.17) is 4.98 Å². The molecule has 1 fully saturated rings. The number of hydrogen-bond acceptors (Lipinski definition) is 3. The molecule has 1 aromatic heterocycles. The molecule has 1 aromatic rings. The van der Waals surface area contributed by atoms with Crippen molar-refractivity contribution in [3.8, 4) is 6.07 Å². The zero-order valence-electron chi connectivity index (χ0n) is 10.9. The number of rotatable bonds is 3. The average molecular weight is 241 g/mol. The fourth-order valence-corrected chi connectivity index (χ4v) is 2.76. The van der Waals surface area contributed by atoms with E-state index in [1.54, 1.807) is 0 Å². The van der Waals surface area contributed by atoms with Crippen LogP contribution in [0.25, 0.3) is 0 Å². The van der Waals surface area contributed by atoms with Crippen LogP contribution in [0.5, 0.6) is 0 Å². The molecular formula is C15H19N3. The molecule has 1 atom stereocenters. The molecule has 0 aliphatic heterocycles. The maximum Gasteiger partial charge on any atom is 0.144 e. The Labute approximate surface area is 108 Å². The summed E-state index contributed by atoms with van der Waals surface area (Å²) in [5.74, 6) is 1.58. The maximum absolute atomic E-state index is 9.26. The molecular weight excluding hydrogens is 222 g/mol. The van der Waals surface area contributed by atoms with Crippen LogP contribution in [-0.2, 0) is 12.8 Å². The number of pyridine rings is 1. The molecule has 1 saturated carbocycles. The molecule has 18 heavy (non-hydrogen) atoms. The first kappa shape index (κ1) is 11.5. The van der Waals surface area contributed by atoms with Gasteiger partial charge in [0.1, 0.15) is 11.9 Å². The quantitative estimate of drug-likeness (QED) is 0.884. The Balaban J connectivity index is 1.89. The molecule has 1 unspecified atom stereocenters. The van der Waals surface area contributed by atoms with E-state index in [-0.39, 0.29) is 0 Å². The van der Waals surface area contributed by atoms with Gasteiger partial charge < -0.3 is 5.32 Å². The second-order valence-electron chi connectivity index (χ2n) is 5.58. The largest absolute Gasteiger partial charge is 0.366 e. The van der Waals surface area contributed by atoms with Crippen LogP contribution in [0.3, 0.4) is 0 Å². The first-order chi connectivity index (χ1) is 8.78. The van der Waals surface area contributed by atoms with Crippen LogP contribution >= 0.6 is 0 Å². The van der Waals surface area contributed by atoms with E-state index in [9.17, 15) is 5.26 Å². The van der Waals surface area contributed by atoms with Gasteiger partial charge in [-0.15, -0.1) is 0 Å². The first-order valence-electron chi connectivity index (χ1n) is 6.97. The molecule has 1 N–H and O–H groups in total. The molecule has 0 radical (unpaired) electrons. The minimum Gasteiger partial charge on any atom is -0.366 e. The Hall–Kier alpha value is -1.56. The molecule has 2 aliphatic rings. The fraction of sp³-hybridized carbons (Fsp3) is 0.600. The van der Waals surface area contributed by atoms with Crippen molar-refractivity contribution in [1.82, 2.24) is 4.98 Å². The first-order valence-corrected chi connectivity index (χ1v) is 6.97. The minimum atomic E-state index is 0.436. The van der Waals surface area contributed by atoms with E-state index < -0.39 is 0 Å². The highest BCUT2D eigenvalue weighted by Gasteiger charge is 2.28. The van der Waals surface area contributed by atoms with Crippen molar-refractivity contribution in [2.45, 2.75) is 51.5 Å². The summed E-state index contributed by atoms with van der Waals surface area (Å²) in [5.41, 5.74) is 3.19. The second kappa shape index (κ2) is 4.61. The molecule has 0 amide bonds. The lowest BCUT2D eigenvalue weighted by atomic mass is 9.95. The SMILES string of the molecule is CC(Nc1nc2c(cc1C#N)CCCC2)C1CC1. The van der Waals surface area contributed by atoms with Crippen molar-refractivity contribution in [3.05, 3.63) is 22.9 Å². The van der Waals surface area contributed by atoms with Crippen LogP contribution in [0.1, 0.15) is 49.4 Å². The number of nitrogens with zero attached hydrogens (tertiary/aromatic N) is 2. The highest BCUT2D eigenvalue weighted by molar-refractivity contribution is 5.55. The van der Waals surface area contributed by atoms with Gasteiger partial charge in [-0.2, -0.15) is 5.26 Å². The summed E-state index contributed by atoms with van der Waals surface area (Å²) in [6, 6.07) is 4.77. The van der Waals surface area contributed by atoms with Gasteiger partial charge in [0.2, 0.25) is 0 Å². The summed E-state index contributed by atoms with van der Waals surface area (Å²) in [4.78, 5) is 4.70. The molecule has 0 saturated heterocycles. The summed E-state index contributed by atoms with van der Waals surface area (Å²) in [5, 5.41) is 12.7. The Morgan fingerprint density at radius 2 is 2.17 bits per heavy atom. The lowest BCUT2D eigenvalue weighted by Gasteiger charge is -2.19. The fourth-order valence-electron chi connectivity index (χ4n) is 2.76. The van der Waals surface area contributed by atoms with E-state index in [1.807, 2.05) is 6.07 Å². The summed E-state index contributed by atoms with van der Waals surface area (Å²) >= 11 is 0. The summed E-state index contributed by atoms with van der Waals surface area (Å²) < 4.78 is 0. The Morgan fingerprint density at radius 3 is 2.89 bits per heavy atom. The molecule has 3 nitrogen and oxygen atoms in total. The number of anilines is 1. The predicted octanol–water partition coefficient (Wildman–Crippen LogP) is 3.04. The third-order valence-corrected chi connectivity index (χ3v) is 4.11. The third kappa shape index (κ3) is 2.20. The standard InChI is InChI=1S/C15H19N3/c1-10(11-6-7-11)17-15-13(9-16)8-12-4-2-3-5-14(12)18-15/h8,10-11H,2-7H2,1H3,(H,17,18). The average Bonchev–Trinajstić information content (AvgIpc) is 3.22. The number of nitrogens with one attached hydrogen (secondary N) is 1. The van der Waals surface area contributed by atoms with Gasteiger partial charge in [-0.05, 0) is 63.0 Å². The van der Waals surface area contributed by atoms with Crippen LogP contribution in [0.2, 0.25) is 0 Å². The molecule has 0 spiro atoms. The van der Waals surface area contributed by atoms with Gasteiger partial charge in [0.25, 0.3) is 0 Å². The van der Waals surface area contributed by atoms with Gasteiger partial charge in [0.05, 0.1) is 5.56 Å². The molecule has 0 aromatic carbocycles. The van der Waals surface area contributed by atoms with Gasteiger partial charge in [-0.3, -0.25) is 0 Å². The number of hydrogen-bond donors (Lipinski definition) is 1. The van der Waals surface area contributed by atoms with Gasteiger partial charge in [-0.1, -0.05) is 0 Å². The highest BCUT2D eigenvalue weighted by Crippen LogP contribution is 2.34. The normalized spacial score (nSPS) is 19.8. The monoisotopic (exact) mass is 241 g/mol. The zero-order valence-corrected chi connectivity index (χ0v) is 10.9. The lowest BCUT2D eigenvalue weighted by Crippen LogP contribution is -2.20. The number of aryl methyl sites for hydroxylation is 2. The number of aromatic nitrogens is 1. The highest BCUT2D eigenvalue weighted by atomic mass is 15.0. The summed E-state index contributed by atoms with van der Waals surface area (Å²) in [7, 11) is 0. The summed E-state index contributed by atoms with van der Waals surface area (Å²) in [6.45, 7) is 2.19. The van der Waals surface area contributed by atoms with Crippen molar-refractivity contribution in [1.29, 1.82) is 5.26 Å². The third-order valence-electron chi connectivity index (χ3n) is 4.11. The van der Waals surface area contributed by atoms with Crippen LogP contribution in [0.4, 0.5) is 5.82 Å².